The van der Waals surface area contributed by atoms with Gasteiger partial charge in [0.1, 0.15) is 6.07 Å². The molecule has 1 N–H and O–H groups in total. The topological polar surface area (TPSA) is 71.3 Å². The molecule has 0 unspecified atom stereocenters. The fourth-order valence-corrected chi connectivity index (χ4v) is 1.68. The van der Waals surface area contributed by atoms with E-state index in [1.807, 2.05) is 19.9 Å². The zero-order valence-corrected chi connectivity index (χ0v) is 12.6. The summed E-state index contributed by atoms with van der Waals surface area (Å²) < 4.78 is 10.7. The van der Waals surface area contributed by atoms with Crippen LogP contribution in [0.15, 0.2) is 24.3 Å². The van der Waals surface area contributed by atoms with E-state index in [-0.39, 0.29) is 12.0 Å². The summed E-state index contributed by atoms with van der Waals surface area (Å²) in [7, 11) is 0. The fourth-order valence-electron chi connectivity index (χ4n) is 1.68. The Kier molecular flexibility index (Phi) is 8.10. The van der Waals surface area contributed by atoms with Gasteiger partial charge in [0, 0.05) is 13.0 Å². The number of amides is 1. The maximum Gasteiger partial charge on any atom is 0.224 e. The predicted molar refractivity (Wildman–Crippen MR) is 80.9 cm³/mol. The quantitative estimate of drug-likeness (QED) is 0.710. The van der Waals surface area contributed by atoms with Crippen LogP contribution in [0.2, 0.25) is 0 Å². The van der Waals surface area contributed by atoms with E-state index in [9.17, 15) is 4.79 Å². The second-order valence-corrected chi connectivity index (χ2v) is 4.84. The lowest BCUT2D eigenvalue weighted by Crippen LogP contribution is -2.14. The molecule has 0 radical (unpaired) electrons. The molecule has 0 aliphatic heterocycles. The van der Waals surface area contributed by atoms with Crippen molar-refractivity contribution >= 4 is 11.6 Å². The second-order valence-electron chi connectivity index (χ2n) is 4.84. The van der Waals surface area contributed by atoms with Gasteiger partial charge in [0.2, 0.25) is 5.91 Å². The van der Waals surface area contributed by atoms with E-state index >= 15 is 0 Å². The number of nitriles is 1. The number of carbonyl (C=O) groups excluding carboxylic acids is 1. The Morgan fingerprint density at radius 3 is 2.76 bits per heavy atom. The van der Waals surface area contributed by atoms with Crippen molar-refractivity contribution in [2.45, 2.75) is 32.8 Å². The largest absolute Gasteiger partial charge is 0.379 e. The molecule has 1 rings (SSSR count). The Hall–Kier alpha value is -1.90. The number of hydrogen-bond donors (Lipinski definition) is 1. The number of carbonyl (C=O) groups is 1. The molecule has 0 aliphatic rings. The van der Waals surface area contributed by atoms with Gasteiger partial charge in [-0.1, -0.05) is 12.1 Å². The standard InChI is InChI=1S/C16H22N2O3/c1-13(2)21-11-10-20-9-5-8-16(19)18-15-7-4-3-6-14(15)12-17/h3-4,6-7,13H,5,8-11H2,1-2H3,(H,18,19). The molecule has 0 saturated carbocycles. The summed E-state index contributed by atoms with van der Waals surface area (Å²) >= 11 is 0. The van der Waals surface area contributed by atoms with Gasteiger partial charge in [-0.25, -0.2) is 0 Å². The summed E-state index contributed by atoms with van der Waals surface area (Å²) in [4.78, 5) is 11.8. The van der Waals surface area contributed by atoms with E-state index in [1.54, 1.807) is 24.3 Å². The number of ether oxygens (including phenoxy) is 2. The fraction of sp³-hybridized carbons (Fsp3) is 0.500. The van der Waals surface area contributed by atoms with E-state index < -0.39 is 0 Å². The Morgan fingerprint density at radius 2 is 2.05 bits per heavy atom. The number of benzene rings is 1. The second kappa shape index (κ2) is 9.92. The first-order valence-corrected chi connectivity index (χ1v) is 7.12. The molecule has 5 nitrogen and oxygen atoms in total. The summed E-state index contributed by atoms with van der Waals surface area (Å²) in [5, 5.41) is 11.7. The molecule has 0 saturated heterocycles. The zero-order chi connectivity index (χ0) is 15.5. The van der Waals surface area contributed by atoms with Crippen molar-refractivity contribution in [1.82, 2.24) is 0 Å². The summed E-state index contributed by atoms with van der Waals surface area (Å²) in [5.41, 5.74) is 1.02. The van der Waals surface area contributed by atoms with Gasteiger partial charge in [-0.15, -0.1) is 0 Å². The van der Waals surface area contributed by atoms with Gasteiger partial charge in [0.05, 0.1) is 30.6 Å². The van der Waals surface area contributed by atoms with Crippen LogP contribution in [0.1, 0.15) is 32.3 Å². The molecule has 114 valence electrons. The third kappa shape index (κ3) is 7.45. The molecule has 0 heterocycles. The van der Waals surface area contributed by atoms with Crippen molar-refractivity contribution in [3.05, 3.63) is 29.8 Å². The van der Waals surface area contributed by atoms with Crippen molar-refractivity contribution in [2.24, 2.45) is 0 Å². The van der Waals surface area contributed by atoms with Crippen LogP contribution in [0.5, 0.6) is 0 Å². The lowest BCUT2D eigenvalue weighted by molar-refractivity contribution is -0.116. The molecule has 0 aromatic heterocycles. The molecule has 0 spiro atoms. The van der Waals surface area contributed by atoms with Gasteiger partial charge >= 0.3 is 0 Å². The van der Waals surface area contributed by atoms with Crippen LogP contribution in [0, 0.1) is 11.3 Å². The summed E-state index contributed by atoms with van der Waals surface area (Å²) in [6, 6.07) is 8.99. The maximum absolute atomic E-state index is 11.8. The average Bonchev–Trinajstić information content (AvgIpc) is 2.46. The van der Waals surface area contributed by atoms with Crippen LogP contribution in [0.3, 0.4) is 0 Å². The molecular formula is C16H22N2O3. The molecule has 21 heavy (non-hydrogen) atoms. The van der Waals surface area contributed by atoms with Crippen molar-refractivity contribution < 1.29 is 14.3 Å². The van der Waals surface area contributed by atoms with Crippen molar-refractivity contribution in [2.75, 3.05) is 25.1 Å². The first-order chi connectivity index (χ1) is 10.1. The molecule has 0 aliphatic carbocycles. The smallest absolute Gasteiger partial charge is 0.224 e. The van der Waals surface area contributed by atoms with Crippen LogP contribution < -0.4 is 5.32 Å². The van der Waals surface area contributed by atoms with Gasteiger partial charge in [-0.05, 0) is 32.4 Å². The van der Waals surface area contributed by atoms with Crippen LogP contribution in [0.4, 0.5) is 5.69 Å². The lowest BCUT2D eigenvalue weighted by Gasteiger charge is -2.08. The molecule has 0 atom stereocenters. The van der Waals surface area contributed by atoms with E-state index in [0.29, 0.717) is 43.9 Å². The highest BCUT2D eigenvalue weighted by atomic mass is 16.5. The highest BCUT2D eigenvalue weighted by molar-refractivity contribution is 5.92. The van der Waals surface area contributed by atoms with Crippen molar-refractivity contribution in [3.8, 4) is 6.07 Å². The van der Waals surface area contributed by atoms with Crippen LogP contribution in [0.25, 0.3) is 0 Å². The van der Waals surface area contributed by atoms with Crippen LogP contribution in [-0.2, 0) is 14.3 Å². The summed E-state index contributed by atoms with van der Waals surface area (Å²) in [6.45, 7) is 5.58. The monoisotopic (exact) mass is 290 g/mol. The summed E-state index contributed by atoms with van der Waals surface area (Å²) in [5.74, 6) is -0.111. The number of anilines is 1. The Bertz CT molecular complexity index is 481. The average molecular weight is 290 g/mol. The minimum atomic E-state index is -0.111. The van der Waals surface area contributed by atoms with Gasteiger partial charge in [-0.2, -0.15) is 5.26 Å². The number of rotatable bonds is 9. The number of hydrogen-bond acceptors (Lipinski definition) is 4. The van der Waals surface area contributed by atoms with Gasteiger partial charge < -0.3 is 14.8 Å². The Labute approximate surface area is 125 Å². The first-order valence-electron chi connectivity index (χ1n) is 7.12. The Balaban J connectivity index is 2.16. The van der Waals surface area contributed by atoms with Crippen LogP contribution >= 0.6 is 0 Å². The molecule has 1 aromatic carbocycles. The minimum Gasteiger partial charge on any atom is -0.379 e. The number of nitrogens with one attached hydrogen (secondary N) is 1. The van der Waals surface area contributed by atoms with E-state index in [2.05, 4.69) is 5.32 Å². The lowest BCUT2D eigenvalue weighted by atomic mass is 10.2. The Morgan fingerprint density at radius 1 is 1.29 bits per heavy atom. The van der Waals surface area contributed by atoms with Gasteiger partial charge in [-0.3, -0.25) is 4.79 Å². The molecule has 1 aromatic rings. The normalized spacial score (nSPS) is 10.4. The maximum atomic E-state index is 11.8. The molecule has 0 fully saturated rings. The van der Waals surface area contributed by atoms with E-state index in [0.717, 1.165) is 0 Å². The third-order valence-corrected chi connectivity index (χ3v) is 2.69. The highest BCUT2D eigenvalue weighted by Crippen LogP contribution is 2.13. The molecule has 1 amide bonds. The van der Waals surface area contributed by atoms with Crippen molar-refractivity contribution in [1.29, 1.82) is 5.26 Å². The molecular weight excluding hydrogens is 268 g/mol. The first kappa shape index (κ1) is 17.2. The van der Waals surface area contributed by atoms with Crippen LogP contribution in [-0.4, -0.2) is 31.8 Å². The minimum absolute atomic E-state index is 0.111. The predicted octanol–water partition coefficient (Wildman–Crippen LogP) is 2.72. The molecule has 0 bridgehead atoms. The third-order valence-electron chi connectivity index (χ3n) is 2.69. The van der Waals surface area contributed by atoms with Crippen molar-refractivity contribution in [3.63, 3.8) is 0 Å². The number of para-hydroxylation sites is 1. The van der Waals surface area contributed by atoms with Gasteiger partial charge in [0.25, 0.3) is 0 Å². The zero-order valence-electron chi connectivity index (χ0n) is 12.6. The highest BCUT2D eigenvalue weighted by Gasteiger charge is 2.05. The van der Waals surface area contributed by atoms with E-state index in [1.165, 1.54) is 0 Å². The summed E-state index contributed by atoms with van der Waals surface area (Å²) in [6.07, 6.45) is 1.21. The van der Waals surface area contributed by atoms with Gasteiger partial charge in [0.15, 0.2) is 0 Å². The van der Waals surface area contributed by atoms with E-state index in [4.69, 9.17) is 14.7 Å². The molecule has 5 heteroatoms. The number of nitrogens with zero attached hydrogens (tertiary/aromatic N) is 1. The SMILES string of the molecule is CC(C)OCCOCCCC(=O)Nc1ccccc1C#N.